The number of carbonyl (C=O) groups is 1. The Hall–Kier alpha value is -2.89. The van der Waals surface area contributed by atoms with Crippen LogP contribution in [0.2, 0.25) is 0 Å². The molecule has 0 aromatic heterocycles. The van der Waals surface area contributed by atoms with E-state index in [9.17, 15) is 4.79 Å². The number of benzene rings is 2. The number of hydrogen-bond donors (Lipinski definition) is 2. The number of methoxy groups -OCH3 is 2. The average molecular weight is 398 g/mol. The Kier molecular flexibility index (Phi) is 6.86. The predicted molar refractivity (Wildman–Crippen MR) is 116 cm³/mol. The number of nitrogens with zero attached hydrogens (tertiary/aromatic N) is 1. The monoisotopic (exact) mass is 397 g/mol. The van der Waals surface area contributed by atoms with Crippen molar-refractivity contribution in [2.24, 2.45) is 0 Å². The van der Waals surface area contributed by atoms with E-state index >= 15 is 0 Å². The zero-order chi connectivity index (χ0) is 20.8. The van der Waals surface area contributed by atoms with Crippen LogP contribution in [0.15, 0.2) is 42.5 Å². The summed E-state index contributed by atoms with van der Waals surface area (Å²) in [5, 5.41) is 6.67. The van der Waals surface area contributed by atoms with Crippen LogP contribution in [0.5, 0.6) is 11.5 Å². The number of nitrogens with one attached hydrogen (secondary N) is 2. The van der Waals surface area contributed by atoms with Crippen LogP contribution in [0.4, 0.5) is 10.5 Å². The molecule has 0 saturated carbocycles. The van der Waals surface area contributed by atoms with Gasteiger partial charge in [0.2, 0.25) is 0 Å². The van der Waals surface area contributed by atoms with Crippen molar-refractivity contribution in [3.05, 3.63) is 53.6 Å². The lowest BCUT2D eigenvalue weighted by Crippen LogP contribution is -2.47. The highest BCUT2D eigenvalue weighted by Crippen LogP contribution is 2.29. The fourth-order valence-electron chi connectivity index (χ4n) is 3.64. The van der Waals surface area contributed by atoms with Gasteiger partial charge in [-0.25, -0.2) is 4.79 Å². The van der Waals surface area contributed by atoms with E-state index < -0.39 is 0 Å². The molecular formula is C23H31N3O3. The third kappa shape index (κ3) is 5.34. The van der Waals surface area contributed by atoms with E-state index in [4.69, 9.17) is 9.47 Å². The molecule has 1 aliphatic heterocycles. The summed E-state index contributed by atoms with van der Waals surface area (Å²) in [4.78, 5) is 14.6. The Balaban J connectivity index is 1.52. The summed E-state index contributed by atoms with van der Waals surface area (Å²) in [7, 11) is 3.25. The lowest BCUT2D eigenvalue weighted by molar-refractivity contribution is 0.180. The maximum atomic E-state index is 12.7. The number of aryl methyl sites for hydroxylation is 1. The summed E-state index contributed by atoms with van der Waals surface area (Å²) >= 11 is 0. The van der Waals surface area contributed by atoms with Gasteiger partial charge in [-0.15, -0.1) is 0 Å². The van der Waals surface area contributed by atoms with Crippen molar-refractivity contribution in [3.8, 4) is 11.5 Å². The summed E-state index contributed by atoms with van der Waals surface area (Å²) in [5.41, 5.74) is 3.32. The minimum absolute atomic E-state index is 0.0378. The Bertz CT molecular complexity index is 815. The maximum absolute atomic E-state index is 12.7. The van der Waals surface area contributed by atoms with E-state index in [2.05, 4.69) is 41.8 Å². The zero-order valence-electron chi connectivity index (χ0n) is 17.7. The van der Waals surface area contributed by atoms with Gasteiger partial charge in [0.05, 0.1) is 20.3 Å². The molecule has 6 heteroatoms. The smallest absolute Gasteiger partial charge is 0.317 e. The summed E-state index contributed by atoms with van der Waals surface area (Å²) in [6.45, 7) is 5.53. The summed E-state index contributed by atoms with van der Waals surface area (Å²) in [6, 6.07) is 14.3. The molecule has 2 aromatic carbocycles. The second kappa shape index (κ2) is 9.54. The molecule has 1 saturated heterocycles. The van der Waals surface area contributed by atoms with Gasteiger partial charge in [0, 0.05) is 36.4 Å². The topological polar surface area (TPSA) is 62.8 Å². The summed E-state index contributed by atoms with van der Waals surface area (Å²) < 4.78 is 10.7. The highest BCUT2D eigenvalue weighted by molar-refractivity contribution is 5.75. The Morgan fingerprint density at radius 1 is 1.07 bits per heavy atom. The molecule has 1 heterocycles. The first-order valence-corrected chi connectivity index (χ1v) is 10.1. The van der Waals surface area contributed by atoms with Crippen molar-refractivity contribution in [1.82, 2.24) is 10.2 Å². The number of carbonyl (C=O) groups excluding carboxylic acids is 1. The number of urea groups is 1. The van der Waals surface area contributed by atoms with Crippen LogP contribution in [0.25, 0.3) is 0 Å². The summed E-state index contributed by atoms with van der Waals surface area (Å²) in [5.74, 6) is 1.44. The lowest BCUT2D eigenvalue weighted by atomic mass is 10.0. The van der Waals surface area contributed by atoms with E-state index in [-0.39, 0.29) is 12.1 Å². The normalized spacial score (nSPS) is 15.5. The van der Waals surface area contributed by atoms with Crippen molar-refractivity contribution in [1.29, 1.82) is 0 Å². The number of rotatable bonds is 6. The molecule has 1 aliphatic rings. The zero-order valence-corrected chi connectivity index (χ0v) is 17.7. The molecule has 2 N–H and O–H groups in total. The van der Waals surface area contributed by atoms with Crippen LogP contribution in [0.1, 0.15) is 36.9 Å². The van der Waals surface area contributed by atoms with Gasteiger partial charge >= 0.3 is 6.03 Å². The van der Waals surface area contributed by atoms with Gasteiger partial charge in [-0.2, -0.15) is 0 Å². The average Bonchev–Trinajstić information content (AvgIpc) is 2.75. The molecule has 2 aromatic rings. The molecule has 0 spiro atoms. The van der Waals surface area contributed by atoms with Crippen LogP contribution in [0.3, 0.4) is 0 Å². The van der Waals surface area contributed by atoms with Crippen LogP contribution in [-0.2, 0) is 0 Å². The molecule has 3 rings (SSSR count). The van der Waals surface area contributed by atoms with Crippen LogP contribution >= 0.6 is 0 Å². The number of anilines is 1. The van der Waals surface area contributed by atoms with Gasteiger partial charge in [-0.1, -0.05) is 17.7 Å². The third-order valence-corrected chi connectivity index (χ3v) is 5.45. The Labute approximate surface area is 173 Å². The predicted octanol–water partition coefficient (Wildman–Crippen LogP) is 4.36. The van der Waals surface area contributed by atoms with Crippen LogP contribution in [-0.4, -0.2) is 44.3 Å². The summed E-state index contributed by atoms with van der Waals surface area (Å²) in [6.07, 6.45) is 1.86. The van der Waals surface area contributed by atoms with E-state index in [1.54, 1.807) is 14.2 Å². The van der Waals surface area contributed by atoms with Gasteiger partial charge in [-0.3, -0.25) is 0 Å². The molecule has 29 heavy (non-hydrogen) atoms. The van der Waals surface area contributed by atoms with Gasteiger partial charge in [-0.05, 0) is 51.0 Å². The van der Waals surface area contributed by atoms with E-state index in [0.29, 0.717) is 11.8 Å². The Morgan fingerprint density at radius 2 is 1.76 bits per heavy atom. The lowest BCUT2D eigenvalue weighted by Gasteiger charge is -2.33. The molecule has 0 radical (unpaired) electrons. The van der Waals surface area contributed by atoms with Crippen molar-refractivity contribution in [3.63, 3.8) is 0 Å². The van der Waals surface area contributed by atoms with Crippen molar-refractivity contribution in [2.75, 3.05) is 32.6 Å². The number of likely N-dealkylation sites (tertiary alicyclic amines) is 1. The molecule has 2 amide bonds. The highest BCUT2D eigenvalue weighted by Gasteiger charge is 2.24. The first-order chi connectivity index (χ1) is 14.0. The second-order valence-corrected chi connectivity index (χ2v) is 7.55. The highest BCUT2D eigenvalue weighted by atomic mass is 16.5. The van der Waals surface area contributed by atoms with E-state index in [1.165, 1.54) is 5.56 Å². The number of hydrogen-bond acceptors (Lipinski definition) is 4. The van der Waals surface area contributed by atoms with Crippen molar-refractivity contribution < 1.29 is 14.3 Å². The second-order valence-electron chi connectivity index (χ2n) is 7.55. The minimum atomic E-state index is -0.160. The number of piperidine rings is 1. The van der Waals surface area contributed by atoms with Gasteiger partial charge in [0.25, 0.3) is 0 Å². The van der Waals surface area contributed by atoms with Crippen molar-refractivity contribution >= 4 is 11.7 Å². The quantitative estimate of drug-likeness (QED) is 0.760. The van der Waals surface area contributed by atoms with Gasteiger partial charge in [0.15, 0.2) is 0 Å². The molecule has 0 bridgehead atoms. The van der Waals surface area contributed by atoms with Crippen LogP contribution < -0.4 is 20.1 Å². The SMILES string of the molecule is COc1ccc([C@@H](C)NC(=O)N2CCC(Nc3ccc(C)cc3)CC2)c(OC)c1. The molecule has 1 fully saturated rings. The molecule has 6 nitrogen and oxygen atoms in total. The Morgan fingerprint density at radius 3 is 2.38 bits per heavy atom. The first kappa shape index (κ1) is 20.8. The molecule has 156 valence electrons. The third-order valence-electron chi connectivity index (χ3n) is 5.45. The van der Waals surface area contributed by atoms with E-state index in [1.807, 2.05) is 30.0 Å². The number of amides is 2. The first-order valence-electron chi connectivity index (χ1n) is 10.1. The van der Waals surface area contributed by atoms with Crippen molar-refractivity contribution in [2.45, 2.75) is 38.8 Å². The fraction of sp³-hybridized carbons (Fsp3) is 0.435. The molecule has 1 atom stereocenters. The molecular weight excluding hydrogens is 366 g/mol. The minimum Gasteiger partial charge on any atom is -0.497 e. The fourth-order valence-corrected chi connectivity index (χ4v) is 3.64. The molecule has 0 aliphatic carbocycles. The van der Waals surface area contributed by atoms with E-state index in [0.717, 1.165) is 42.9 Å². The van der Waals surface area contributed by atoms with Gasteiger partial charge in [0.1, 0.15) is 11.5 Å². The van der Waals surface area contributed by atoms with Gasteiger partial charge < -0.3 is 25.0 Å². The molecule has 0 unspecified atom stereocenters. The standard InChI is InChI=1S/C23H31N3O3/c1-16-5-7-18(8-6-16)25-19-11-13-26(14-12-19)23(27)24-17(2)21-10-9-20(28-3)15-22(21)29-4/h5-10,15,17,19,25H,11-14H2,1-4H3,(H,24,27)/t17-/m1/s1. The maximum Gasteiger partial charge on any atom is 0.317 e. The number of ether oxygens (including phenoxy) is 2. The largest absolute Gasteiger partial charge is 0.497 e. The van der Waals surface area contributed by atoms with Crippen LogP contribution in [0, 0.1) is 6.92 Å².